The first-order valence-electron chi connectivity index (χ1n) is 7.51. The second-order valence-corrected chi connectivity index (χ2v) is 5.92. The SMILES string of the molecule is COC(=O)[C@@H](OC(=O)c1[nH]c(C)c(C(C)=O)c1C)c1ccccc1Cl. The van der Waals surface area contributed by atoms with E-state index in [1.165, 1.54) is 14.0 Å². The van der Waals surface area contributed by atoms with Crippen molar-refractivity contribution in [1.29, 1.82) is 0 Å². The highest BCUT2D eigenvalue weighted by Gasteiger charge is 2.30. The predicted octanol–water partition coefficient (Wildman–Crippen LogP) is 3.56. The topological polar surface area (TPSA) is 85.5 Å². The molecule has 7 heteroatoms. The number of halogens is 1. The molecule has 0 aliphatic rings. The van der Waals surface area contributed by atoms with E-state index in [4.69, 9.17) is 21.1 Å². The molecule has 1 aromatic carbocycles. The summed E-state index contributed by atoms with van der Waals surface area (Å²) in [7, 11) is 1.19. The average molecular weight is 364 g/mol. The maximum Gasteiger partial charge on any atom is 0.356 e. The highest BCUT2D eigenvalue weighted by atomic mass is 35.5. The lowest BCUT2D eigenvalue weighted by atomic mass is 10.1. The molecule has 25 heavy (non-hydrogen) atoms. The number of aromatic amines is 1. The smallest absolute Gasteiger partial charge is 0.356 e. The summed E-state index contributed by atoms with van der Waals surface area (Å²) >= 11 is 6.10. The van der Waals surface area contributed by atoms with Gasteiger partial charge >= 0.3 is 11.9 Å². The molecule has 1 aromatic heterocycles. The lowest BCUT2D eigenvalue weighted by Crippen LogP contribution is -2.22. The van der Waals surface area contributed by atoms with E-state index < -0.39 is 18.0 Å². The Morgan fingerprint density at radius 2 is 1.80 bits per heavy atom. The second kappa shape index (κ2) is 7.53. The number of rotatable bonds is 5. The molecular weight excluding hydrogens is 346 g/mol. The molecule has 0 fully saturated rings. The fraction of sp³-hybridized carbons (Fsp3) is 0.278. The zero-order chi connectivity index (χ0) is 18.7. The van der Waals surface area contributed by atoms with Crippen LogP contribution in [0.5, 0.6) is 0 Å². The van der Waals surface area contributed by atoms with Gasteiger partial charge in [-0.3, -0.25) is 4.79 Å². The molecule has 0 bridgehead atoms. The zero-order valence-electron chi connectivity index (χ0n) is 14.3. The van der Waals surface area contributed by atoms with Gasteiger partial charge in [0.25, 0.3) is 0 Å². The van der Waals surface area contributed by atoms with Crippen LogP contribution in [0.1, 0.15) is 50.7 Å². The van der Waals surface area contributed by atoms with E-state index in [0.717, 1.165) is 0 Å². The summed E-state index contributed by atoms with van der Waals surface area (Å²) in [6, 6.07) is 6.52. The first-order chi connectivity index (χ1) is 11.8. The van der Waals surface area contributed by atoms with Crippen LogP contribution in [0.2, 0.25) is 5.02 Å². The van der Waals surface area contributed by atoms with E-state index in [-0.39, 0.29) is 16.5 Å². The summed E-state index contributed by atoms with van der Waals surface area (Å²) in [6.45, 7) is 4.74. The number of carbonyl (C=O) groups is 3. The van der Waals surface area contributed by atoms with Crippen molar-refractivity contribution >= 4 is 29.3 Å². The molecule has 0 radical (unpaired) electrons. The zero-order valence-corrected chi connectivity index (χ0v) is 15.1. The highest BCUT2D eigenvalue weighted by Crippen LogP contribution is 2.28. The third kappa shape index (κ3) is 3.74. The van der Waals surface area contributed by atoms with Crippen molar-refractivity contribution in [3.05, 3.63) is 57.4 Å². The minimum Gasteiger partial charge on any atom is -0.466 e. The van der Waals surface area contributed by atoms with Gasteiger partial charge in [0.05, 0.1) is 7.11 Å². The number of hydrogen-bond donors (Lipinski definition) is 1. The van der Waals surface area contributed by atoms with E-state index in [0.29, 0.717) is 22.4 Å². The van der Waals surface area contributed by atoms with Gasteiger partial charge in [0.1, 0.15) is 5.69 Å². The van der Waals surface area contributed by atoms with E-state index in [2.05, 4.69) is 4.98 Å². The molecule has 0 saturated carbocycles. The van der Waals surface area contributed by atoms with Crippen LogP contribution in [0, 0.1) is 13.8 Å². The van der Waals surface area contributed by atoms with Crippen molar-refractivity contribution < 1.29 is 23.9 Å². The molecule has 0 aliphatic carbocycles. The van der Waals surface area contributed by atoms with Crippen LogP contribution in [-0.2, 0) is 14.3 Å². The van der Waals surface area contributed by atoms with Gasteiger partial charge < -0.3 is 14.5 Å². The number of nitrogens with one attached hydrogen (secondary N) is 1. The van der Waals surface area contributed by atoms with Crippen molar-refractivity contribution in [2.24, 2.45) is 0 Å². The third-order valence-electron chi connectivity index (χ3n) is 3.82. The number of esters is 2. The Kier molecular flexibility index (Phi) is 5.64. The van der Waals surface area contributed by atoms with Gasteiger partial charge in [-0.2, -0.15) is 0 Å². The van der Waals surface area contributed by atoms with E-state index >= 15 is 0 Å². The average Bonchev–Trinajstić information content (AvgIpc) is 2.87. The standard InChI is InChI=1S/C18H18ClNO5/c1-9-14(11(3)21)10(2)20-15(9)17(22)25-16(18(23)24-4)12-7-5-6-8-13(12)19/h5-8,16,20H,1-4H3/t16-/m0/s1. The monoisotopic (exact) mass is 363 g/mol. The van der Waals surface area contributed by atoms with Crippen LogP contribution < -0.4 is 0 Å². The van der Waals surface area contributed by atoms with Crippen LogP contribution in [-0.4, -0.2) is 29.8 Å². The van der Waals surface area contributed by atoms with Gasteiger partial charge in [0.2, 0.25) is 6.10 Å². The molecule has 0 aliphatic heterocycles. The summed E-state index contributed by atoms with van der Waals surface area (Å²) in [4.78, 5) is 39.2. The lowest BCUT2D eigenvalue weighted by Gasteiger charge is -2.17. The molecule has 1 atom stereocenters. The van der Waals surface area contributed by atoms with Crippen LogP contribution in [0.15, 0.2) is 24.3 Å². The summed E-state index contributed by atoms with van der Waals surface area (Å²) in [5, 5.41) is 0.273. The van der Waals surface area contributed by atoms with Gasteiger partial charge in [-0.25, -0.2) is 9.59 Å². The number of Topliss-reactive ketones (excluding diaryl/α,β-unsaturated/α-hetero) is 1. The van der Waals surface area contributed by atoms with Crippen molar-refractivity contribution in [2.75, 3.05) is 7.11 Å². The molecule has 2 aromatic rings. The number of hydrogen-bond acceptors (Lipinski definition) is 5. The number of ether oxygens (including phenoxy) is 2. The van der Waals surface area contributed by atoms with Crippen LogP contribution in [0.25, 0.3) is 0 Å². The molecule has 0 spiro atoms. The maximum absolute atomic E-state index is 12.6. The van der Waals surface area contributed by atoms with Crippen molar-refractivity contribution in [3.63, 3.8) is 0 Å². The first-order valence-corrected chi connectivity index (χ1v) is 7.89. The van der Waals surface area contributed by atoms with Gasteiger partial charge in [-0.15, -0.1) is 0 Å². The van der Waals surface area contributed by atoms with Crippen LogP contribution in [0.3, 0.4) is 0 Å². The van der Waals surface area contributed by atoms with E-state index in [1.807, 2.05) is 0 Å². The first kappa shape index (κ1) is 18.7. The van der Waals surface area contributed by atoms with Gasteiger partial charge in [0, 0.05) is 21.8 Å². The van der Waals surface area contributed by atoms with Gasteiger partial charge in [-0.05, 0) is 32.4 Å². The van der Waals surface area contributed by atoms with E-state index in [1.54, 1.807) is 38.1 Å². The summed E-state index contributed by atoms with van der Waals surface area (Å²) in [5.41, 5.74) is 1.89. The Bertz CT molecular complexity index is 840. The number of ketones is 1. The molecule has 1 heterocycles. The number of carbonyl (C=O) groups excluding carboxylic acids is 3. The second-order valence-electron chi connectivity index (χ2n) is 5.51. The number of aromatic nitrogens is 1. The number of aryl methyl sites for hydroxylation is 1. The fourth-order valence-electron chi connectivity index (χ4n) is 2.68. The number of benzene rings is 1. The van der Waals surface area contributed by atoms with Crippen LogP contribution >= 0.6 is 11.6 Å². The quantitative estimate of drug-likeness (QED) is 0.648. The van der Waals surface area contributed by atoms with E-state index in [9.17, 15) is 14.4 Å². The molecule has 6 nitrogen and oxygen atoms in total. The van der Waals surface area contributed by atoms with Crippen molar-refractivity contribution in [2.45, 2.75) is 26.9 Å². The molecule has 132 valence electrons. The third-order valence-corrected chi connectivity index (χ3v) is 4.17. The Hall–Kier alpha value is -2.60. The summed E-state index contributed by atoms with van der Waals surface area (Å²) in [5.74, 6) is -1.70. The summed E-state index contributed by atoms with van der Waals surface area (Å²) < 4.78 is 10.1. The minimum absolute atomic E-state index is 0.114. The molecule has 0 amide bonds. The highest BCUT2D eigenvalue weighted by molar-refractivity contribution is 6.31. The normalized spacial score (nSPS) is 11.7. The van der Waals surface area contributed by atoms with Crippen molar-refractivity contribution in [3.8, 4) is 0 Å². The fourth-order valence-corrected chi connectivity index (χ4v) is 2.92. The minimum atomic E-state index is -1.31. The molecule has 0 unspecified atom stereocenters. The molecule has 2 rings (SSSR count). The van der Waals surface area contributed by atoms with Gasteiger partial charge in [0.15, 0.2) is 5.78 Å². The van der Waals surface area contributed by atoms with Gasteiger partial charge in [-0.1, -0.05) is 29.8 Å². The lowest BCUT2D eigenvalue weighted by molar-refractivity contribution is -0.151. The Balaban J connectivity index is 2.39. The largest absolute Gasteiger partial charge is 0.466 e. The summed E-state index contributed by atoms with van der Waals surface area (Å²) in [6.07, 6.45) is -1.31. The molecule has 0 saturated heterocycles. The Morgan fingerprint density at radius 1 is 1.16 bits per heavy atom. The predicted molar refractivity (Wildman–Crippen MR) is 91.9 cm³/mol. The Labute approximate surface area is 150 Å². The van der Waals surface area contributed by atoms with Crippen LogP contribution in [0.4, 0.5) is 0 Å². The maximum atomic E-state index is 12.6. The number of methoxy groups -OCH3 is 1. The Morgan fingerprint density at radius 3 is 2.32 bits per heavy atom. The molecule has 1 N–H and O–H groups in total. The van der Waals surface area contributed by atoms with Crippen molar-refractivity contribution in [1.82, 2.24) is 4.98 Å². The molecular formula is C18H18ClNO5. The number of H-pyrrole nitrogens is 1.